The molecular formula is C16H20N2O3S. The first-order valence-corrected chi connectivity index (χ1v) is 8.55. The van der Waals surface area contributed by atoms with Crippen molar-refractivity contribution in [3.63, 3.8) is 0 Å². The highest BCUT2D eigenvalue weighted by Gasteiger charge is 2.12. The van der Waals surface area contributed by atoms with Crippen LogP contribution in [0.25, 0.3) is 6.08 Å². The average molecular weight is 320 g/mol. The standard InChI is InChI=1S/C16H20N2O3S/c1-18-12-5-8-15(18)16(19)9-11-17-22(20,21)13-10-14-6-3-2-4-7-14/h2-8,10,12-13,16-17,19H,9,11H2,1H3/b13-10+. The molecule has 118 valence electrons. The molecule has 0 aliphatic carbocycles. The summed E-state index contributed by atoms with van der Waals surface area (Å²) in [6.45, 7) is 0.174. The maximum absolute atomic E-state index is 11.9. The topological polar surface area (TPSA) is 71.3 Å². The molecule has 1 unspecified atom stereocenters. The summed E-state index contributed by atoms with van der Waals surface area (Å²) in [5.74, 6) is 0. The van der Waals surface area contributed by atoms with E-state index < -0.39 is 16.1 Å². The Morgan fingerprint density at radius 2 is 1.95 bits per heavy atom. The van der Waals surface area contributed by atoms with Crippen LogP contribution < -0.4 is 4.72 Å². The number of rotatable bonds is 7. The monoisotopic (exact) mass is 320 g/mol. The molecule has 0 radical (unpaired) electrons. The van der Waals surface area contributed by atoms with Crippen molar-refractivity contribution in [1.82, 2.24) is 9.29 Å². The fourth-order valence-corrected chi connectivity index (χ4v) is 2.92. The van der Waals surface area contributed by atoms with Crippen LogP contribution >= 0.6 is 0 Å². The van der Waals surface area contributed by atoms with Crippen LogP contribution in [0.15, 0.2) is 54.1 Å². The Bertz CT molecular complexity index is 721. The molecule has 0 bridgehead atoms. The first-order chi connectivity index (χ1) is 10.5. The Balaban J connectivity index is 1.85. The minimum atomic E-state index is -3.50. The SMILES string of the molecule is Cn1cccc1C(O)CCNS(=O)(=O)/C=C/c1ccccc1. The fourth-order valence-electron chi connectivity index (χ4n) is 2.09. The van der Waals surface area contributed by atoms with E-state index >= 15 is 0 Å². The van der Waals surface area contributed by atoms with Gasteiger partial charge < -0.3 is 9.67 Å². The van der Waals surface area contributed by atoms with Crippen LogP contribution in [-0.2, 0) is 17.1 Å². The summed E-state index contributed by atoms with van der Waals surface area (Å²) in [5, 5.41) is 11.2. The number of sulfonamides is 1. The zero-order valence-corrected chi connectivity index (χ0v) is 13.2. The van der Waals surface area contributed by atoms with E-state index in [0.717, 1.165) is 16.7 Å². The van der Waals surface area contributed by atoms with Gasteiger partial charge in [-0.3, -0.25) is 0 Å². The summed E-state index contributed by atoms with van der Waals surface area (Å²) < 4.78 is 28.0. The molecule has 0 fully saturated rings. The fraction of sp³-hybridized carbons (Fsp3) is 0.250. The predicted octanol–water partition coefficient (Wildman–Crippen LogP) is 2.04. The van der Waals surface area contributed by atoms with Gasteiger partial charge in [-0.05, 0) is 30.2 Å². The number of nitrogens with zero attached hydrogens (tertiary/aromatic N) is 1. The lowest BCUT2D eigenvalue weighted by Crippen LogP contribution is -2.24. The van der Waals surface area contributed by atoms with Crippen LogP contribution in [0.3, 0.4) is 0 Å². The van der Waals surface area contributed by atoms with E-state index in [1.807, 2.05) is 60.3 Å². The quantitative estimate of drug-likeness (QED) is 0.820. The summed E-state index contributed by atoms with van der Waals surface area (Å²) in [6.07, 6.45) is 3.00. The zero-order chi connectivity index (χ0) is 16.0. The van der Waals surface area contributed by atoms with Crippen LogP contribution in [0, 0.1) is 0 Å². The lowest BCUT2D eigenvalue weighted by Gasteiger charge is -2.12. The third-order valence-corrected chi connectivity index (χ3v) is 4.39. The van der Waals surface area contributed by atoms with Crippen molar-refractivity contribution in [2.24, 2.45) is 7.05 Å². The zero-order valence-electron chi connectivity index (χ0n) is 12.4. The summed E-state index contributed by atoms with van der Waals surface area (Å²) in [7, 11) is -1.66. The number of nitrogens with one attached hydrogen (secondary N) is 1. The van der Waals surface area contributed by atoms with E-state index in [1.165, 1.54) is 6.08 Å². The summed E-state index contributed by atoms with van der Waals surface area (Å²) in [6, 6.07) is 12.9. The highest BCUT2D eigenvalue weighted by atomic mass is 32.2. The lowest BCUT2D eigenvalue weighted by molar-refractivity contribution is 0.161. The van der Waals surface area contributed by atoms with E-state index in [4.69, 9.17) is 0 Å². The molecule has 1 aromatic carbocycles. The van der Waals surface area contributed by atoms with Crippen LogP contribution in [0.4, 0.5) is 0 Å². The molecule has 2 aromatic rings. The molecule has 2 rings (SSSR count). The molecule has 0 spiro atoms. The smallest absolute Gasteiger partial charge is 0.233 e. The van der Waals surface area contributed by atoms with Crippen LogP contribution in [-0.4, -0.2) is 24.6 Å². The Labute approximate surface area is 131 Å². The highest BCUT2D eigenvalue weighted by molar-refractivity contribution is 7.92. The second kappa shape index (κ2) is 7.40. The molecule has 0 amide bonds. The van der Waals surface area contributed by atoms with Crippen molar-refractivity contribution in [3.05, 3.63) is 65.3 Å². The van der Waals surface area contributed by atoms with Crippen molar-refractivity contribution in [3.8, 4) is 0 Å². The molecule has 0 saturated carbocycles. The number of aliphatic hydroxyl groups is 1. The number of hydrogen-bond donors (Lipinski definition) is 2. The first-order valence-electron chi connectivity index (χ1n) is 7.00. The molecule has 2 N–H and O–H groups in total. The van der Waals surface area contributed by atoms with Crippen LogP contribution in [0.2, 0.25) is 0 Å². The second-order valence-electron chi connectivity index (χ2n) is 5.00. The molecule has 0 aliphatic rings. The van der Waals surface area contributed by atoms with Gasteiger partial charge in [-0.15, -0.1) is 0 Å². The van der Waals surface area contributed by atoms with Crippen molar-refractivity contribution >= 4 is 16.1 Å². The molecule has 1 heterocycles. The molecule has 1 atom stereocenters. The van der Waals surface area contributed by atoms with Gasteiger partial charge in [0.1, 0.15) is 0 Å². The van der Waals surface area contributed by atoms with Gasteiger partial charge in [-0.25, -0.2) is 13.1 Å². The van der Waals surface area contributed by atoms with Crippen LogP contribution in [0.1, 0.15) is 23.8 Å². The number of benzene rings is 1. The van der Waals surface area contributed by atoms with Gasteiger partial charge in [0, 0.05) is 30.9 Å². The van der Waals surface area contributed by atoms with Gasteiger partial charge in [-0.1, -0.05) is 30.3 Å². The molecule has 22 heavy (non-hydrogen) atoms. The largest absolute Gasteiger partial charge is 0.387 e. The predicted molar refractivity (Wildman–Crippen MR) is 87.4 cm³/mol. The third kappa shape index (κ3) is 4.84. The van der Waals surface area contributed by atoms with Gasteiger partial charge in [0.15, 0.2) is 0 Å². The minimum absolute atomic E-state index is 0.174. The lowest BCUT2D eigenvalue weighted by atomic mass is 10.2. The van der Waals surface area contributed by atoms with Gasteiger partial charge in [0.05, 0.1) is 6.10 Å². The van der Waals surface area contributed by atoms with Crippen molar-refractivity contribution in [1.29, 1.82) is 0 Å². The van der Waals surface area contributed by atoms with E-state index in [0.29, 0.717) is 6.42 Å². The van der Waals surface area contributed by atoms with Gasteiger partial charge >= 0.3 is 0 Å². The summed E-state index contributed by atoms with van der Waals surface area (Å²) in [4.78, 5) is 0. The van der Waals surface area contributed by atoms with Gasteiger partial charge in [0.25, 0.3) is 0 Å². The van der Waals surface area contributed by atoms with Gasteiger partial charge in [0.2, 0.25) is 10.0 Å². The Morgan fingerprint density at radius 1 is 1.23 bits per heavy atom. The minimum Gasteiger partial charge on any atom is -0.387 e. The number of aliphatic hydroxyl groups excluding tert-OH is 1. The molecule has 0 aliphatic heterocycles. The number of aryl methyl sites for hydroxylation is 1. The van der Waals surface area contributed by atoms with Gasteiger partial charge in [-0.2, -0.15) is 0 Å². The van der Waals surface area contributed by atoms with Crippen molar-refractivity contribution in [2.75, 3.05) is 6.54 Å². The Hall–Kier alpha value is -1.89. The number of aromatic nitrogens is 1. The van der Waals surface area contributed by atoms with Crippen molar-refractivity contribution in [2.45, 2.75) is 12.5 Å². The molecular weight excluding hydrogens is 300 g/mol. The molecule has 1 aromatic heterocycles. The van der Waals surface area contributed by atoms with E-state index in [1.54, 1.807) is 0 Å². The normalized spacial score (nSPS) is 13.5. The maximum atomic E-state index is 11.9. The summed E-state index contributed by atoms with van der Waals surface area (Å²) in [5.41, 5.74) is 1.58. The highest BCUT2D eigenvalue weighted by Crippen LogP contribution is 2.15. The molecule has 0 saturated heterocycles. The Morgan fingerprint density at radius 3 is 2.59 bits per heavy atom. The maximum Gasteiger partial charge on any atom is 0.233 e. The van der Waals surface area contributed by atoms with E-state index in [9.17, 15) is 13.5 Å². The second-order valence-corrected chi connectivity index (χ2v) is 6.65. The molecule has 5 nitrogen and oxygen atoms in total. The molecule has 6 heteroatoms. The summed E-state index contributed by atoms with van der Waals surface area (Å²) >= 11 is 0. The van der Waals surface area contributed by atoms with Crippen LogP contribution in [0.5, 0.6) is 0 Å². The van der Waals surface area contributed by atoms with E-state index in [-0.39, 0.29) is 6.54 Å². The number of hydrogen-bond acceptors (Lipinski definition) is 3. The Kier molecular flexibility index (Phi) is 5.54. The third-order valence-electron chi connectivity index (χ3n) is 3.29. The van der Waals surface area contributed by atoms with E-state index in [2.05, 4.69) is 4.72 Å². The average Bonchev–Trinajstić information content (AvgIpc) is 2.92. The first kappa shape index (κ1) is 16.5. The van der Waals surface area contributed by atoms with Crippen molar-refractivity contribution < 1.29 is 13.5 Å².